The minimum Gasteiger partial charge on any atom is -0.316 e. The van der Waals surface area contributed by atoms with Crippen molar-refractivity contribution in [3.8, 4) is 0 Å². The van der Waals surface area contributed by atoms with Gasteiger partial charge in [0.2, 0.25) is 0 Å². The van der Waals surface area contributed by atoms with Crippen LogP contribution in [0.25, 0.3) is 0 Å². The maximum atomic E-state index is 10.6. The second-order valence-electron chi connectivity index (χ2n) is 5.48. The molecule has 0 heterocycles. The third-order valence-corrected chi connectivity index (χ3v) is 4.09. The monoisotopic (exact) mass is 282 g/mol. The Kier molecular flexibility index (Phi) is 3.97. The lowest BCUT2D eigenvalue weighted by Gasteiger charge is -2.30. The Hall–Kier alpha value is -2.20. The molecule has 1 unspecified atom stereocenters. The molecule has 2 aromatic carbocycles. The lowest BCUT2D eigenvalue weighted by Crippen LogP contribution is -2.30. The first-order chi connectivity index (χ1) is 10.2. The van der Waals surface area contributed by atoms with Crippen molar-refractivity contribution in [1.29, 1.82) is 0 Å². The van der Waals surface area contributed by atoms with Gasteiger partial charge in [0.15, 0.2) is 0 Å². The van der Waals surface area contributed by atoms with Gasteiger partial charge < -0.3 is 5.32 Å². The van der Waals surface area contributed by atoms with Crippen molar-refractivity contribution in [1.82, 2.24) is 5.32 Å². The highest BCUT2D eigenvalue weighted by Crippen LogP contribution is 2.33. The molecule has 0 radical (unpaired) electrons. The summed E-state index contributed by atoms with van der Waals surface area (Å²) in [6, 6.07) is 15.4. The number of rotatable bonds is 6. The first kappa shape index (κ1) is 13.8. The van der Waals surface area contributed by atoms with Crippen molar-refractivity contribution >= 4 is 5.69 Å². The number of nitrogens with one attached hydrogen (secondary N) is 1. The Morgan fingerprint density at radius 2 is 1.90 bits per heavy atom. The number of hydrogen-bond acceptors (Lipinski definition) is 3. The summed E-state index contributed by atoms with van der Waals surface area (Å²) < 4.78 is 0. The lowest BCUT2D eigenvalue weighted by atomic mass is 9.77. The van der Waals surface area contributed by atoms with Crippen molar-refractivity contribution < 1.29 is 4.92 Å². The molecule has 4 nitrogen and oxygen atoms in total. The van der Waals surface area contributed by atoms with Gasteiger partial charge in [0.1, 0.15) is 0 Å². The molecule has 1 atom stereocenters. The first-order valence-electron chi connectivity index (χ1n) is 7.26. The molecule has 21 heavy (non-hydrogen) atoms. The maximum absolute atomic E-state index is 10.6. The molecular formula is C17H18N2O2. The zero-order valence-corrected chi connectivity index (χ0v) is 11.8. The summed E-state index contributed by atoms with van der Waals surface area (Å²) in [5.41, 5.74) is 4.22. The zero-order chi connectivity index (χ0) is 14.7. The summed E-state index contributed by atoms with van der Waals surface area (Å²) in [6.45, 7) is 1.90. The van der Waals surface area contributed by atoms with Crippen LogP contribution in [-0.2, 0) is 12.8 Å². The second kappa shape index (κ2) is 6.06. The van der Waals surface area contributed by atoms with Gasteiger partial charge in [0.25, 0.3) is 5.69 Å². The van der Waals surface area contributed by atoms with Crippen molar-refractivity contribution in [3.05, 3.63) is 75.3 Å². The molecule has 1 aliphatic carbocycles. The van der Waals surface area contributed by atoms with Gasteiger partial charge in [-0.25, -0.2) is 0 Å². The molecule has 0 fully saturated rings. The van der Waals surface area contributed by atoms with E-state index in [2.05, 4.69) is 29.6 Å². The van der Waals surface area contributed by atoms with Crippen molar-refractivity contribution in [3.63, 3.8) is 0 Å². The minimum atomic E-state index is -0.365. The fraction of sp³-hybridized carbons (Fsp3) is 0.294. The standard InChI is InChI=1S/C17H18N2O2/c20-19(21)16-7-5-13(6-8-16)9-10-18-12-15-11-14-3-1-2-4-17(14)15/h1-8,15,18H,9-12H2. The van der Waals surface area contributed by atoms with Gasteiger partial charge in [-0.05, 0) is 36.1 Å². The summed E-state index contributed by atoms with van der Waals surface area (Å²) in [4.78, 5) is 10.2. The van der Waals surface area contributed by atoms with Crippen molar-refractivity contribution in [2.24, 2.45) is 0 Å². The third kappa shape index (κ3) is 3.11. The molecular weight excluding hydrogens is 264 g/mol. The molecule has 1 N–H and O–H groups in total. The molecule has 0 amide bonds. The Bertz CT molecular complexity index is 637. The number of nitrogens with zero attached hydrogens (tertiary/aromatic N) is 1. The second-order valence-corrected chi connectivity index (χ2v) is 5.48. The number of nitro groups is 1. The SMILES string of the molecule is O=[N+]([O-])c1ccc(CCNCC2Cc3ccccc32)cc1. The van der Waals surface area contributed by atoms with E-state index in [0.717, 1.165) is 25.1 Å². The third-order valence-electron chi connectivity index (χ3n) is 4.09. The summed E-state index contributed by atoms with van der Waals surface area (Å²) in [5.74, 6) is 0.637. The number of hydrogen-bond donors (Lipinski definition) is 1. The van der Waals surface area contributed by atoms with Crippen LogP contribution < -0.4 is 5.32 Å². The van der Waals surface area contributed by atoms with E-state index in [1.54, 1.807) is 12.1 Å². The van der Waals surface area contributed by atoms with E-state index in [4.69, 9.17) is 0 Å². The molecule has 0 spiro atoms. The van der Waals surface area contributed by atoms with Crippen LogP contribution in [0.1, 0.15) is 22.6 Å². The van der Waals surface area contributed by atoms with Crippen LogP contribution in [0.15, 0.2) is 48.5 Å². The number of non-ortho nitro benzene ring substituents is 1. The average Bonchev–Trinajstić information content (AvgIpc) is 2.48. The Morgan fingerprint density at radius 1 is 1.14 bits per heavy atom. The largest absolute Gasteiger partial charge is 0.316 e. The van der Waals surface area contributed by atoms with E-state index >= 15 is 0 Å². The highest BCUT2D eigenvalue weighted by Gasteiger charge is 2.24. The van der Waals surface area contributed by atoms with Crippen LogP contribution in [0.3, 0.4) is 0 Å². The number of benzene rings is 2. The summed E-state index contributed by atoms with van der Waals surface area (Å²) in [7, 11) is 0. The van der Waals surface area contributed by atoms with Crippen LogP contribution in [0.4, 0.5) is 5.69 Å². The Balaban J connectivity index is 1.42. The molecule has 108 valence electrons. The average molecular weight is 282 g/mol. The molecule has 0 aromatic heterocycles. The van der Waals surface area contributed by atoms with E-state index in [0.29, 0.717) is 5.92 Å². The first-order valence-corrected chi connectivity index (χ1v) is 7.26. The van der Waals surface area contributed by atoms with Gasteiger partial charge in [-0.2, -0.15) is 0 Å². The topological polar surface area (TPSA) is 55.2 Å². The van der Waals surface area contributed by atoms with Crippen LogP contribution in [0.2, 0.25) is 0 Å². The molecule has 2 aromatic rings. The van der Waals surface area contributed by atoms with Gasteiger partial charge >= 0.3 is 0 Å². The van der Waals surface area contributed by atoms with E-state index in [9.17, 15) is 10.1 Å². The summed E-state index contributed by atoms with van der Waals surface area (Å²) in [5, 5.41) is 14.1. The van der Waals surface area contributed by atoms with Gasteiger partial charge in [-0.3, -0.25) is 10.1 Å². The Morgan fingerprint density at radius 3 is 2.62 bits per heavy atom. The zero-order valence-electron chi connectivity index (χ0n) is 11.8. The van der Waals surface area contributed by atoms with E-state index in [1.165, 1.54) is 17.5 Å². The summed E-state index contributed by atoms with van der Waals surface area (Å²) >= 11 is 0. The molecule has 0 bridgehead atoms. The minimum absolute atomic E-state index is 0.151. The fourth-order valence-electron chi connectivity index (χ4n) is 2.84. The molecule has 0 saturated heterocycles. The van der Waals surface area contributed by atoms with Crippen LogP contribution in [0.5, 0.6) is 0 Å². The number of nitro benzene ring substituents is 1. The normalized spacial score (nSPS) is 16.1. The predicted molar refractivity (Wildman–Crippen MR) is 82.6 cm³/mol. The number of fused-ring (bicyclic) bond motifs is 1. The highest BCUT2D eigenvalue weighted by atomic mass is 16.6. The van der Waals surface area contributed by atoms with Gasteiger partial charge in [0, 0.05) is 24.6 Å². The molecule has 3 rings (SSSR count). The molecule has 0 saturated carbocycles. The fourth-order valence-corrected chi connectivity index (χ4v) is 2.84. The van der Waals surface area contributed by atoms with Gasteiger partial charge in [-0.15, -0.1) is 0 Å². The van der Waals surface area contributed by atoms with Crippen LogP contribution in [-0.4, -0.2) is 18.0 Å². The highest BCUT2D eigenvalue weighted by molar-refractivity contribution is 5.40. The Labute approximate surface area is 124 Å². The van der Waals surface area contributed by atoms with E-state index < -0.39 is 0 Å². The molecule has 0 aliphatic heterocycles. The van der Waals surface area contributed by atoms with Crippen molar-refractivity contribution in [2.75, 3.05) is 13.1 Å². The molecule has 4 heteroatoms. The maximum Gasteiger partial charge on any atom is 0.269 e. The quantitative estimate of drug-likeness (QED) is 0.503. The lowest BCUT2D eigenvalue weighted by molar-refractivity contribution is -0.384. The van der Waals surface area contributed by atoms with Crippen LogP contribution >= 0.6 is 0 Å². The summed E-state index contributed by atoms with van der Waals surface area (Å²) in [6.07, 6.45) is 2.06. The van der Waals surface area contributed by atoms with Crippen molar-refractivity contribution in [2.45, 2.75) is 18.8 Å². The van der Waals surface area contributed by atoms with E-state index in [1.807, 2.05) is 12.1 Å². The predicted octanol–water partition coefficient (Wildman–Crippen LogP) is 3.07. The van der Waals surface area contributed by atoms with Crippen LogP contribution in [0, 0.1) is 10.1 Å². The van der Waals surface area contributed by atoms with E-state index in [-0.39, 0.29) is 10.6 Å². The smallest absolute Gasteiger partial charge is 0.269 e. The van der Waals surface area contributed by atoms with Gasteiger partial charge in [0.05, 0.1) is 4.92 Å². The van der Waals surface area contributed by atoms with Gasteiger partial charge in [-0.1, -0.05) is 36.4 Å². The molecule has 1 aliphatic rings.